The predicted octanol–water partition coefficient (Wildman–Crippen LogP) is 2.88. The van der Waals surface area contributed by atoms with E-state index in [0.29, 0.717) is 12.8 Å². The van der Waals surface area contributed by atoms with E-state index >= 15 is 0 Å². The van der Waals surface area contributed by atoms with Gasteiger partial charge in [0.2, 0.25) is 0 Å². The van der Waals surface area contributed by atoms with Gasteiger partial charge in [-0.3, -0.25) is 4.68 Å². The van der Waals surface area contributed by atoms with Crippen molar-refractivity contribution in [1.82, 2.24) is 14.8 Å². The number of aliphatic hydroxyl groups excluding tert-OH is 1. The molecule has 0 aliphatic rings. The Hall–Kier alpha value is -0.720. The quantitative estimate of drug-likeness (QED) is 0.907. The van der Waals surface area contributed by atoms with Gasteiger partial charge in [0.15, 0.2) is 0 Å². The van der Waals surface area contributed by atoms with Gasteiger partial charge in [-0.15, -0.1) is 11.3 Å². The maximum Gasteiger partial charge on any atom is 0.0954 e. The van der Waals surface area contributed by atoms with Crippen LogP contribution in [-0.4, -0.2) is 26.0 Å². The van der Waals surface area contributed by atoms with E-state index in [-0.39, 0.29) is 0 Å². The normalized spacial score (nSPS) is 12.9. The number of rotatable bonds is 5. The summed E-state index contributed by atoms with van der Waals surface area (Å²) in [6, 6.07) is 0. The number of aliphatic hydroxyl groups is 1. The summed E-state index contributed by atoms with van der Waals surface area (Å²) in [5.74, 6) is 0. The van der Waals surface area contributed by atoms with E-state index in [1.165, 1.54) is 0 Å². The molecule has 0 spiro atoms. The molecule has 104 valence electrons. The number of thiazole rings is 1. The molecule has 0 aliphatic carbocycles. The molecule has 2 aromatic heterocycles. The Kier molecular flexibility index (Phi) is 4.76. The van der Waals surface area contributed by atoms with E-state index in [0.717, 1.165) is 33.1 Å². The van der Waals surface area contributed by atoms with Crippen LogP contribution in [0.2, 0.25) is 0 Å². The van der Waals surface area contributed by atoms with Gasteiger partial charge >= 0.3 is 0 Å². The molecule has 1 unspecified atom stereocenters. The third-order valence-electron chi connectivity index (χ3n) is 2.96. The summed E-state index contributed by atoms with van der Waals surface area (Å²) >= 11 is 5.15. The molecule has 2 aromatic rings. The molecule has 1 N–H and O–H groups in total. The Bertz CT molecular complexity index is 564. The average Bonchev–Trinajstić information content (AvgIpc) is 2.87. The Balaban J connectivity index is 2.08. The highest BCUT2D eigenvalue weighted by Crippen LogP contribution is 2.23. The van der Waals surface area contributed by atoms with Crippen LogP contribution in [0.3, 0.4) is 0 Å². The van der Waals surface area contributed by atoms with Crippen LogP contribution in [-0.2, 0) is 19.4 Å². The molecule has 19 heavy (non-hydrogen) atoms. The van der Waals surface area contributed by atoms with Crippen LogP contribution < -0.4 is 0 Å². The first-order valence-corrected chi connectivity index (χ1v) is 7.99. The van der Waals surface area contributed by atoms with Gasteiger partial charge < -0.3 is 5.11 Å². The molecule has 0 radical (unpaired) electrons. The summed E-state index contributed by atoms with van der Waals surface area (Å²) in [7, 11) is 0. The Morgan fingerprint density at radius 3 is 2.74 bits per heavy atom. The third kappa shape index (κ3) is 3.43. The summed E-state index contributed by atoms with van der Waals surface area (Å²) in [4.78, 5) is 4.39. The van der Waals surface area contributed by atoms with Crippen molar-refractivity contribution >= 4 is 27.3 Å². The summed E-state index contributed by atoms with van der Waals surface area (Å²) in [5, 5.41) is 17.7. The van der Waals surface area contributed by atoms with E-state index in [9.17, 15) is 5.11 Å². The Labute approximate surface area is 125 Å². The maximum absolute atomic E-state index is 10.2. The number of nitrogens with zero attached hydrogens (tertiary/aromatic N) is 3. The minimum atomic E-state index is -0.428. The van der Waals surface area contributed by atoms with Crippen molar-refractivity contribution in [1.29, 1.82) is 0 Å². The lowest BCUT2D eigenvalue weighted by atomic mass is 10.1. The van der Waals surface area contributed by atoms with Gasteiger partial charge in [-0.1, -0.05) is 0 Å². The first-order chi connectivity index (χ1) is 9.01. The Morgan fingerprint density at radius 1 is 1.42 bits per heavy atom. The zero-order valence-electron chi connectivity index (χ0n) is 11.4. The number of halogens is 1. The fraction of sp³-hybridized carbons (Fsp3) is 0.538. The van der Waals surface area contributed by atoms with Gasteiger partial charge in [-0.25, -0.2) is 4.98 Å². The lowest BCUT2D eigenvalue weighted by molar-refractivity contribution is 0.172. The van der Waals surface area contributed by atoms with Crippen molar-refractivity contribution in [2.24, 2.45) is 0 Å². The van der Waals surface area contributed by atoms with Gasteiger partial charge in [-0.05, 0) is 36.7 Å². The van der Waals surface area contributed by atoms with Gasteiger partial charge in [-0.2, -0.15) is 5.10 Å². The maximum atomic E-state index is 10.2. The van der Waals surface area contributed by atoms with Crippen LogP contribution in [0.5, 0.6) is 0 Å². The molecule has 6 heteroatoms. The molecule has 0 fully saturated rings. The van der Waals surface area contributed by atoms with Crippen molar-refractivity contribution in [2.45, 2.75) is 46.3 Å². The van der Waals surface area contributed by atoms with Crippen LogP contribution in [0.25, 0.3) is 0 Å². The van der Waals surface area contributed by atoms with Crippen LogP contribution in [0.1, 0.15) is 29.0 Å². The lowest BCUT2D eigenvalue weighted by Gasteiger charge is -2.11. The van der Waals surface area contributed by atoms with Crippen molar-refractivity contribution in [3.8, 4) is 0 Å². The van der Waals surface area contributed by atoms with Crippen molar-refractivity contribution in [3.05, 3.63) is 31.9 Å². The van der Waals surface area contributed by atoms with E-state index in [4.69, 9.17) is 0 Å². The number of aryl methyl sites for hydroxylation is 3. The van der Waals surface area contributed by atoms with E-state index in [1.807, 2.05) is 23.9 Å². The molecule has 2 rings (SSSR count). The molecule has 2 heterocycles. The molecule has 0 aromatic carbocycles. The van der Waals surface area contributed by atoms with Crippen LogP contribution in [0.15, 0.2) is 9.85 Å². The molecule has 0 aliphatic heterocycles. The van der Waals surface area contributed by atoms with Crippen molar-refractivity contribution < 1.29 is 5.11 Å². The molecule has 0 amide bonds. The zero-order valence-corrected chi connectivity index (χ0v) is 13.8. The summed E-state index contributed by atoms with van der Waals surface area (Å²) in [6.45, 7) is 6.80. The second-order valence-electron chi connectivity index (χ2n) is 4.61. The molecule has 0 saturated heterocycles. The SMILES string of the molecule is CCn1nc(C)c(Br)c1CC(O)Cc1nc(C)cs1. The smallest absolute Gasteiger partial charge is 0.0954 e. The largest absolute Gasteiger partial charge is 0.392 e. The topological polar surface area (TPSA) is 50.9 Å². The van der Waals surface area contributed by atoms with Gasteiger partial charge in [0.25, 0.3) is 0 Å². The van der Waals surface area contributed by atoms with Gasteiger partial charge in [0.1, 0.15) is 0 Å². The van der Waals surface area contributed by atoms with Crippen LogP contribution in [0.4, 0.5) is 0 Å². The number of aromatic nitrogens is 3. The first kappa shape index (κ1) is 14.7. The minimum absolute atomic E-state index is 0.428. The van der Waals surface area contributed by atoms with Crippen LogP contribution >= 0.6 is 27.3 Å². The highest BCUT2D eigenvalue weighted by atomic mass is 79.9. The van der Waals surface area contributed by atoms with E-state index in [1.54, 1.807) is 11.3 Å². The molecule has 4 nitrogen and oxygen atoms in total. The van der Waals surface area contributed by atoms with E-state index < -0.39 is 6.10 Å². The van der Waals surface area contributed by atoms with Crippen molar-refractivity contribution in [2.75, 3.05) is 0 Å². The third-order valence-corrected chi connectivity index (χ3v) is 4.98. The lowest BCUT2D eigenvalue weighted by Crippen LogP contribution is -2.17. The fourth-order valence-corrected chi connectivity index (χ4v) is 3.35. The van der Waals surface area contributed by atoms with E-state index in [2.05, 4.69) is 32.9 Å². The monoisotopic (exact) mass is 343 g/mol. The second-order valence-corrected chi connectivity index (χ2v) is 6.34. The van der Waals surface area contributed by atoms with Gasteiger partial charge in [0, 0.05) is 30.5 Å². The number of hydrogen-bond acceptors (Lipinski definition) is 4. The predicted molar refractivity (Wildman–Crippen MR) is 80.6 cm³/mol. The highest BCUT2D eigenvalue weighted by Gasteiger charge is 2.17. The second kappa shape index (κ2) is 6.15. The minimum Gasteiger partial charge on any atom is -0.392 e. The van der Waals surface area contributed by atoms with Gasteiger partial charge in [0.05, 0.1) is 27.0 Å². The standard InChI is InChI=1S/C13H18BrN3OS/c1-4-17-11(13(14)9(3)16-17)5-10(18)6-12-15-8(2)7-19-12/h7,10,18H,4-6H2,1-3H3. The van der Waals surface area contributed by atoms with Crippen molar-refractivity contribution in [3.63, 3.8) is 0 Å². The summed E-state index contributed by atoms with van der Waals surface area (Å²) in [6.07, 6.45) is 0.760. The Morgan fingerprint density at radius 2 is 2.16 bits per heavy atom. The molecule has 0 bridgehead atoms. The number of hydrogen-bond donors (Lipinski definition) is 1. The molecular formula is C13H18BrN3OS. The molecule has 0 saturated carbocycles. The first-order valence-electron chi connectivity index (χ1n) is 6.32. The fourth-order valence-electron chi connectivity index (χ4n) is 2.06. The summed E-state index contributed by atoms with van der Waals surface area (Å²) in [5.41, 5.74) is 3.04. The zero-order chi connectivity index (χ0) is 14.0. The highest BCUT2D eigenvalue weighted by molar-refractivity contribution is 9.10. The molecule has 1 atom stereocenters. The van der Waals surface area contributed by atoms with Crippen LogP contribution in [0, 0.1) is 13.8 Å². The molecular weight excluding hydrogens is 326 g/mol. The summed E-state index contributed by atoms with van der Waals surface area (Å²) < 4.78 is 2.94. The average molecular weight is 344 g/mol.